The maximum Gasteiger partial charge on any atom is 0.230 e. The van der Waals surface area contributed by atoms with Gasteiger partial charge in [-0.2, -0.15) is 0 Å². The molecule has 0 spiro atoms. The van der Waals surface area contributed by atoms with Crippen LogP contribution in [0.15, 0.2) is 0 Å². The number of amides is 1. The second-order valence-electron chi connectivity index (χ2n) is 3.74. The Kier molecular flexibility index (Phi) is 6.19. The number of likely N-dealkylation sites (tertiary alicyclic amines) is 1. The summed E-state index contributed by atoms with van der Waals surface area (Å²) in [6.07, 6.45) is 5.35. The van der Waals surface area contributed by atoms with Crippen molar-refractivity contribution in [3.63, 3.8) is 0 Å². The van der Waals surface area contributed by atoms with Crippen molar-refractivity contribution in [2.45, 2.75) is 25.7 Å². The summed E-state index contributed by atoms with van der Waals surface area (Å²) in [6, 6.07) is 0. The van der Waals surface area contributed by atoms with E-state index in [1.807, 2.05) is 0 Å². The van der Waals surface area contributed by atoms with E-state index in [9.17, 15) is 4.79 Å². The molecule has 3 nitrogen and oxygen atoms in total. The van der Waals surface area contributed by atoms with Crippen molar-refractivity contribution >= 4 is 21.8 Å². The number of rotatable bonds is 4. The first-order valence-electron chi connectivity index (χ1n) is 5.38. The third-order valence-corrected chi connectivity index (χ3v) is 3.08. The van der Waals surface area contributed by atoms with Crippen molar-refractivity contribution in [3.05, 3.63) is 0 Å². The molecule has 4 heteroatoms. The van der Waals surface area contributed by atoms with Crippen LogP contribution in [-0.4, -0.2) is 42.3 Å². The van der Waals surface area contributed by atoms with Gasteiger partial charge < -0.3 is 10.2 Å². The third-order valence-electron chi connectivity index (χ3n) is 2.57. The molecule has 1 heterocycles. The van der Waals surface area contributed by atoms with Crippen LogP contribution in [0.5, 0.6) is 0 Å². The maximum atomic E-state index is 10.9. The van der Waals surface area contributed by atoms with E-state index >= 15 is 0 Å². The second kappa shape index (κ2) is 7.23. The van der Waals surface area contributed by atoms with Gasteiger partial charge in [-0.1, -0.05) is 28.8 Å². The molecule has 0 bridgehead atoms. The zero-order valence-corrected chi connectivity index (χ0v) is 10.2. The molecule has 0 saturated carbocycles. The summed E-state index contributed by atoms with van der Waals surface area (Å²) < 4.78 is 0. The van der Waals surface area contributed by atoms with Crippen LogP contribution in [0.4, 0.5) is 0 Å². The Morgan fingerprint density at radius 2 is 1.86 bits per heavy atom. The van der Waals surface area contributed by atoms with Crippen LogP contribution in [0.2, 0.25) is 0 Å². The van der Waals surface area contributed by atoms with Crippen LogP contribution in [0.25, 0.3) is 0 Å². The van der Waals surface area contributed by atoms with Gasteiger partial charge in [0.1, 0.15) is 0 Å². The zero-order valence-electron chi connectivity index (χ0n) is 8.60. The fraction of sp³-hybridized carbons (Fsp3) is 0.900. The molecule has 0 radical (unpaired) electrons. The number of nitrogens with one attached hydrogen (secondary N) is 1. The Balaban J connectivity index is 2.07. The van der Waals surface area contributed by atoms with E-state index in [0.29, 0.717) is 5.33 Å². The highest BCUT2D eigenvalue weighted by Crippen LogP contribution is 2.08. The zero-order chi connectivity index (χ0) is 10.2. The highest BCUT2D eigenvalue weighted by Gasteiger charge is 2.08. The first kappa shape index (κ1) is 12.0. The van der Waals surface area contributed by atoms with Crippen LogP contribution < -0.4 is 5.32 Å². The average Bonchev–Trinajstić information content (AvgIpc) is 2.46. The van der Waals surface area contributed by atoms with Gasteiger partial charge in [0.05, 0.1) is 5.33 Å². The topological polar surface area (TPSA) is 32.3 Å². The Morgan fingerprint density at radius 3 is 2.43 bits per heavy atom. The number of nitrogens with zero attached hydrogens (tertiary/aromatic N) is 1. The van der Waals surface area contributed by atoms with Gasteiger partial charge in [0.2, 0.25) is 5.91 Å². The molecule has 1 fully saturated rings. The van der Waals surface area contributed by atoms with Gasteiger partial charge in [-0.15, -0.1) is 0 Å². The summed E-state index contributed by atoms with van der Waals surface area (Å²) in [5.41, 5.74) is 0. The smallest absolute Gasteiger partial charge is 0.230 e. The molecule has 0 aromatic carbocycles. The largest absolute Gasteiger partial charge is 0.354 e. The molecule has 1 aliphatic heterocycles. The molecule has 1 aliphatic rings. The van der Waals surface area contributed by atoms with Crippen molar-refractivity contribution < 1.29 is 4.79 Å². The fourth-order valence-electron chi connectivity index (χ4n) is 1.76. The van der Waals surface area contributed by atoms with Crippen molar-refractivity contribution in [2.24, 2.45) is 0 Å². The van der Waals surface area contributed by atoms with E-state index in [-0.39, 0.29) is 5.91 Å². The number of halogens is 1. The molecule has 1 N–H and O–H groups in total. The summed E-state index contributed by atoms with van der Waals surface area (Å²) >= 11 is 3.13. The molecule has 1 amide bonds. The predicted molar refractivity (Wildman–Crippen MR) is 61.7 cm³/mol. The summed E-state index contributed by atoms with van der Waals surface area (Å²) in [5, 5.41) is 3.28. The standard InChI is InChI=1S/C10H19BrN2O/c11-9-10(14)12-5-8-13-6-3-1-2-4-7-13/h1-9H2,(H,12,14). The molecule has 0 aromatic rings. The first-order valence-corrected chi connectivity index (χ1v) is 6.50. The predicted octanol–water partition coefficient (Wildman–Crippen LogP) is 1.37. The van der Waals surface area contributed by atoms with Gasteiger partial charge in [0.25, 0.3) is 0 Å². The molecule has 1 saturated heterocycles. The number of carbonyl (C=O) groups excluding carboxylic acids is 1. The van der Waals surface area contributed by atoms with Crippen LogP contribution in [-0.2, 0) is 4.79 Å². The lowest BCUT2D eigenvalue weighted by Crippen LogP contribution is -2.35. The Morgan fingerprint density at radius 1 is 1.21 bits per heavy atom. The maximum absolute atomic E-state index is 10.9. The third kappa shape index (κ3) is 4.96. The average molecular weight is 263 g/mol. The van der Waals surface area contributed by atoms with Gasteiger partial charge >= 0.3 is 0 Å². The summed E-state index contributed by atoms with van der Waals surface area (Å²) in [5.74, 6) is 0.0832. The van der Waals surface area contributed by atoms with Crippen molar-refractivity contribution in [2.75, 3.05) is 31.5 Å². The molecular formula is C10H19BrN2O. The van der Waals surface area contributed by atoms with Crippen molar-refractivity contribution in [3.8, 4) is 0 Å². The fourth-order valence-corrected chi connectivity index (χ4v) is 1.96. The Hall–Kier alpha value is -0.0900. The number of carbonyl (C=O) groups is 1. The Bertz CT molecular complexity index is 168. The van der Waals surface area contributed by atoms with Gasteiger partial charge in [0.15, 0.2) is 0 Å². The SMILES string of the molecule is O=C(CBr)NCCN1CCCCCC1. The summed E-state index contributed by atoms with van der Waals surface area (Å²) in [4.78, 5) is 13.4. The van der Waals surface area contributed by atoms with Gasteiger partial charge in [-0.3, -0.25) is 4.79 Å². The minimum Gasteiger partial charge on any atom is -0.354 e. The van der Waals surface area contributed by atoms with Crippen LogP contribution in [0.3, 0.4) is 0 Å². The van der Waals surface area contributed by atoms with Gasteiger partial charge in [-0.25, -0.2) is 0 Å². The molecule has 82 valence electrons. The Labute approximate surface area is 94.4 Å². The minimum atomic E-state index is 0.0832. The van der Waals surface area contributed by atoms with Crippen molar-refractivity contribution in [1.29, 1.82) is 0 Å². The quantitative estimate of drug-likeness (QED) is 0.777. The van der Waals surface area contributed by atoms with Gasteiger partial charge in [0, 0.05) is 13.1 Å². The summed E-state index contributed by atoms with van der Waals surface area (Å²) in [7, 11) is 0. The van der Waals surface area contributed by atoms with E-state index in [1.54, 1.807) is 0 Å². The summed E-state index contributed by atoms with van der Waals surface area (Å²) in [6.45, 7) is 4.18. The normalized spacial score (nSPS) is 18.9. The van der Waals surface area contributed by atoms with E-state index in [4.69, 9.17) is 0 Å². The monoisotopic (exact) mass is 262 g/mol. The van der Waals surface area contributed by atoms with E-state index in [2.05, 4.69) is 26.1 Å². The van der Waals surface area contributed by atoms with Crippen molar-refractivity contribution in [1.82, 2.24) is 10.2 Å². The lowest BCUT2D eigenvalue weighted by molar-refractivity contribution is -0.118. The molecule has 0 atom stereocenters. The number of alkyl halides is 1. The highest BCUT2D eigenvalue weighted by atomic mass is 79.9. The molecule has 0 aromatic heterocycles. The number of hydrogen-bond donors (Lipinski definition) is 1. The lowest BCUT2D eigenvalue weighted by Gasteiger charge is -2.19. The number of hydrogen-bond acceptors (Lipinski definition) is 2. The van der Waals surface area contributed by atoms with E-state index in [1.165, 1.54) is 38.8 Å². The molecule has 14 heavy (non-hydrogen) atoms. The molecular weight excluding hydrogens is 244 g/mol. The van der Waals surface area contributed by atoms with Gasteiger partial charge in [-0.05, 0) is 25.9 Å². The van der Waals surface area contributed by atoms with Crippen LogP contribution >= 0.6 is 15.9 Å². The lowest BCUT2D eigenvalue weighted by atomic mass is 10.2. The first-order chi connectivity index (χ1) is 6.83. The van der Waals surface area contributed by atoms with Crippen LogP contribution in [0.1, 0.15) is 25.7 Å². The van der Waals surface area contributed by atoms with E-state index < -0.39 is 0 Å². The highest BCUT2D eigenvalue weighted by molar-refractivity contribution is 9.09. The molecule has 0 aliphatic carbocycles. The molecule has 0 unspecified atom stereocenters. The van der Waals surface area contributed by atoms with Crippen LogP contribution in [0, 0.1) is 0 Å². The van der Waals surface area contributed by atoms with E-state index in [0.717, 1.165) is 13.1 Å². The second-order valence-corrected chi connectivity index (χ2v) is 4.30. The minimum absolute atomic E-state index is 0.0832. The molecule has 1 rings (SSSR count).